The number of hydrogen-bond acceptors (Lipinski definition) is 5. The molecular weight excluding hydrogens is 342 g/mol. The van der Waals surface area contributed by atoms with Gasteiger partial charge in [-0.05, 0) is 36.1 Å². The van der Waals surface area contributed by atoms with Crippen LogP contribution < -0.4 is 4.74 Å². The first-order valence-electron chi connectivity index (χ1n) is 9.17. The minimum Gasteiger partial charge on any atom is -0.490 e. The fourth-order valence-electron chi connectivity index (χ4n) is 3.49. The molecule has 2 aromatic heterocycles. The number of amides is 1. The molecule has 0 unspecified atom stereocenters. The van der Waals surface area contributed by atoms with Gasteiger partial charge in [0.1, 0.15) is 23.9 Å². The Morgan fingerprint density at radius 1 is 1.37 bits per heavy atom. The predicted octanol–water partition coefficient (Wildman–Crippen LogP) is 2.84. The van der Waals surface area contributed by atoms with Crippen LogP contribution >= 0.6 is 0 Å². The van der Waals surface area contributed by atoms with Crippen LogP contribution in [0.25, 0.3) is 5.65 Å². The zero-order chi connectivity index (χ0) is 19.1. The van der Waals surface area contributed by atoms with Gasteiger partial charge in [-0.3, -0.25) is 4.79 Å². The molecule has 0 N–H and O–H groups in total. The molecule has 1 aliphatic heterocycles. The second kappa shape index (κ2) is 6.64. The Morgan fingerprint density at radius 3 is 2.96 bits per heavy atom. The maximum absolute atomic E-state index is 13.0. The summed E-state index contributed by atoms with van der Waals surface area (Å²) in [5, 5.41) is 12.4. The van der Waals surface area contributed by atoms with Crippen LogP contribution in [0.3, 0.4) is 0 Å². The fraction of sp³-hybridized carbons (Fsp3) is 0.400. The maximum Gasteiger partial charge on any atom is 0.274 e. The van der Waals surface area contributed by atoms with Crippen LogP contribution in [0.1, 0.15) is 53.9 Å². The third-order valence-corrected chi connectivity index (χ3v) is 4.86. The summed E-state index contributed by atoms with van der Waals surface area (Å²) in [6.45, 7) is 6.71. The standard InChI is InChI=1S/C20H23N5O2/c1-12(2)16-9-17(23-25-11-21-22-19(16)25)20(26)24(4)10-14-5-6-18-15(8-14)7-13(3)27-18/h5-6,8-9,11-13H,7,10H2,1-4H3/t13-/m0/s1. The van der Waals surface area contributed by atoms with Gasteiger partial charge in [0.25, 0.3) is 5.91 Å². The maximum atomic E-state index is 13.0. The molecule has 7 heteroatoms. The molecule has 1 aromatic carbocycles. The summed E-state index contributed by atoms with van der Waals surface area (Å²) in [5.74, 6) is 1.04. The Morgan fingerprint density at radius 2 is 2.19 bits per heavy atom. The Kier molecular flexibility index (Phi) is 4.30. The average molecular weight is 365 g/mol. The molecule has 0 saturated carbocycles. The molecular formula is C20H23N5O2. The van der Waals surface area contributed by atoms with Gasteiger partial charge in [0.2, 0.25) is 0 Å². The van der Waals surface area contributed by atoms with Crippen molar-refractivity contribution in [1.29, 1.82) is 0 Å². The van der Waals surface area contributed by atoms with Crippen LogP contribution in [0.5, 0.6) is 5.75 Å². The first kappa shape index (κ1) is 17.5. The zero-order valence-corrected chi connectivity index (χ0v) is 16.0. The second-order valence-corrected chi connectivity index (χ2v) is 7.47. The Hall–Kier alpha value is -2.96. The van der Waals surface area contributed by atoms with Gasteiger partial charge in [0.05, 0.1) is 0 Å². The quantitative estimate of drug-likeness (QED) is 0.711. The minimum atomic E-state index is -0.127. The van der Waals surface area contributed by atoms with Gasteiger partial charge in [0.15, 0.2) is 5.65 Å². The zero-order valence-electron chi connectivity index (χ0n) is 16.0. The van der Waals surface area contributed by atoms with E-state index in [-0.39, 0.29) is 17.9 Å². The summed E-state index contributed by atoms with van der Waals surface area (Å²) < 4.78 is 7.32. The van der Waals surface area contributed by atoms with Crippen molar-refractivity contribution in [2.75, 3.05) is 7.05 Å². The molecule has 4 rings (SSSR count). The minimum absolute atomic E-state index is 0.127. The van der Waals surface area contributed by atoms with Crippen LogP contribution in [-0.2, 0) is 13.0 Å². The Balaban J connectivity index is 1.58. The van der Waals surface area contributed by atoms with E-state index in [2.05, 4.69) is 42.1 Å². The first-order valence-corrected chi connectivity index (χ1v) is 9.17. The largest absolute Gasteiger partial charge is 0.490 e. The molecule has 0 bridgehead atoms. The van der Waals surface area contributed by atoms with E-state index in [9.17, 15) is 4.79 Å². The molecule has 1 amide bonds. The lowest BCUT2D eigenvalue weighted by Crippen LogP contribution is -2.28. The van der Waals surface area contributed by atoms with Crippen LogP contribution in [-0.4, -0.2) is 43.8 Å². The predicted molar refractivity (Wildman–Crippen MR) is 101 cm³/mol. The lowest BCUT2D eigenvalue weighted by Gasteiger charge is -2.18. The summed E-state index contributed by atoms with van der Waals surface area (Å²) in [4.78, 5) is 14.6. The van der Waals surface area contributed by atoms with Gasteiger partial charge in [-0.2, -0.15) is 9.61 Å². The molecule has 1 atom stereocenters. The molecule has 0 saturated heterocycles. The topological polar surface area (TPSA) is 72.6 Å². The highest BCUT2D eigenvalue weighted by Crippen LogP contribution is 2.29. The summed E-state index contributed by atoms with van der Waals surface area (Å²) in [6, 6.07) is 7.95. The van der Waals surface area contributed by atoms with Gasteiger partial charge in [-0.1, -0.05) is 26.0 Å². The van der Waals surface area contributed by atoms with Gasteiger partial charge >= 0.3 is 0 Å². The fourth-order valence-corrected chi connectivity index (χ4v) is 3.49. The molecule has 0 spiro atoms. The third-order valence-electron chi connectivity index (χ3n) is 4.86. The molecule has 7 nitrogen and oxygen atoms in total. The van der Waals surface area contributed by atoms with Gasteiger partial charge in [0, 0.05) is 25.6 Å². The highest BCUT2D eigenvalue weighted by molar-refractivity contribution is 5.92. The first-order chi connectivity index (χ1) is 12.9. The van der Waals surface area contributed by atoms with Crippen LogP contribution in [0.2, 0.25) is 0 Å². The lowest BCUT2D eigenvalue weighted by atomic mass is 10.0. The van der Waals surface area contributed by atoms with E-state index in [4.69, 9.17) is 4.74 Å². The third kappa shape index (κ3) is 3.25. The monoisotopic (exact) mass is 365 g/mol. The van der Waals surface area contributed by atoms with Crippen molar-refractivity contribution < 1.29 is 9.53 Å². The summed E-state index contributed by atoms with van der Waals surface area (Å²) >= 11 is 0. The summed E-state index contributed by atoms with van der Waals surface area (Å²) in [7, 11) is 1.79. The van der Waals surface area contributed by atoms with Crippen LogP contribution in [0.15, 0.2) is 30.6 Å². The van der Waals surface area contributed by atoms with Crippen molar-refractivity contribution >= 4 is 11.6 Å². The number of nitrogens with zero attached hydrogens (tertiary/aromatic N) is 5. The van der Waals surface area contributed by atoms with Crippen molar-refractivity contribution in [3.8, 4) is 5.75 Å². The average Bonchev–Trinajstić information content (AvgIpc) is 3.24. The SMILES string of the molecule is CC(C)c1cc(C(=O)N(C)Cc2ccc3c(c2)C[C@H](C)O3)nn2cnnc12. The molecule has 1 aliphatic rings. The number of aromatic nitrogens is 4. The van der Waals surface area contributed by atoms with E-state index in [0.717, 1.165) is 23.3 Å². The van der Waals surface area contributed by atoms with Crippen LogP contribution in [0, 0.1) is 0 Å². The molecule has 3 heterocycles. The molecule has 3 aromatic rings. The van der Waals surface area contributed by atoms with Crippen molar-refractivity contribution in [2.45, 2.75) is 45.8 Å². The van der Waals surface area contributed by atoms with Crippen LogP contribution in [0.4, 0.5) is 0 Å². The molecule has 0 radical (unpaired) electrons. The van der Waals surface area contributed by atoms with Gasteiger partial charge in [-0.15, -0.1) is 10.2 Å². The Labute approximate surface area is 158 Å². The highest BCUT2D eigenvalue weighted by Gasteiger charge is 2.21. The number of rotatable bonds is 4. The van der Waals surface area contributed by atoms with Crippen molar-refractivity contribution in [3.63, 3.8) is 0 Å². The summed E-state index contributed by atoms with van der Waals surface area (Å²) in [5.41, 5.74) is 4.33. The van der Waals surface area contributed by atoms with E-state index in [1.807, 2.05) is 18.2 Å². The molecule has 0 aliphatic carbocycles. The van der Waals surface area contributed by atoms with E-state index in [0.29, 0.717) is 17.9 Å². The summed E-state index contributed by atoms with van der Waals surface area (Å²) in [6.07, 6.45) is 2.65. The number of carbonyl (C=O) groups is 1. The number of carbonyl (C=O) groups excluding carboxylic acids is 1. The highest BCUT2D eigenvalue weighted by atomic mass is 16.5. The number of ether oxygens (including phenoxy) is 1. The number of fused-ring (bicyclic) bond motifs is 2. The normalized spacial score (nSPS) is 15.8. The number of benzene rings is 1. The molecule has 27 heavy (non-hydrogen) atoms. The van der Waals surface area contributed by atoms with E-state index >= 15 is 0 Å². The van der Waals surface area contributed by atoms with E-state index in [1.165, 1.54) is 11.9 Å². The lowest BCUT2D eigenvalue weighted by molar-refractivity contribution is 0.0777. The van der Waals surface area contributed by atoms with E-state index < -0.39 is 0 Å². The molecule has 0 fully saturated rings. The smallest absolute Gasteiger partial charge is 0.274 e. The van der Waals surface area contributed by atoms with Crippen molar-refractivity contribution in [1.82, 2.24) is 24.7 Å². The Bertz CT molecular complexity index is 1010. The van der Waals surface area contributed by atoms with Gasteiger partial charge < -0.3 is 9.64 Å². The van der Waals surface area contributed by atoms with Gasteiger partial charge in [-0.25, -0.2) is 0 Å². The van der Waals surface area contributed by atoms with Crippen molar-refractivity contribution in [2.24, 2.45) is 0 Å². The number of hydrogen-bond donors (Lipinski definition) is 0. The second-order valence-electron chi connectivity index (χ2n) is 7.47. The molecule has 140 valence electrons. The van der Waals surface area contributed by atoms with E-state index in [1.54, 1.807) is 16.5 Å². The van der Waals surface area contributed by atoms with Crippen molar-refractivity contribution in [3.05, 3.63) is 53.0 Å².